The van der Waals surface area contributed by atoms with Crippen LogP contribution in [0.3, 0.4) is 0 Å². The third-order valence-corrected chi connectivity index (χ3v) is 11.0. The zero-order valence-corrected chi connectivity index (χ0v) is 25.5. The summed E-state index contributed by atoms with van der Waals surface area (Å²) in [6.45, 7) is 1.80. The fourth-order valence-corrected chi connectivity index (χ4v) is 8.81. The Balaban J connectivity index is 1.31. The number of nitrogens with zero attached hydrogens (tertiary/aromatic N) is 2. The van der Waals surface area contributed by atoms with Gasteiger partial charge in [0.05, 0.1) is 34.5 Å². The lowest BCUT2D eigenvalue weighted by Gasteiger charge is -2.49. The molecule has 2 saturated heterocycles. The summed E-state index contributed by atoms with van der Waals surface area (Å²) in [6.07, 6.45) is 2.37. The first kappa shape index (κ1) is 29.4. The van der Waals surface area contributed by atoms with Gasteiger partial charge in [0.25, 0.3) is 0 Å². The number of anilines is 2. The molecule has 3 N–H and O–H groups in total. The number of imide groups is 2. The van der Waals surface area contributed by atoms with Crippen molar-refractivity contribution in [3.63, 3.8) is 0 Å². The Hall–Kier alpha value is -5.06. The van der Waals surface area contributed by atoms with Crippen molar-refractivity contribution >= 4 is 58.4 Å². The van der Waals surface area contributed by atoms with Crippen molar-refractivity contribution in [3.05, 3.63) is 108 Å². The monoisotopic (exact) mass is 626 g/mol. The van der Waals surface area contributed by atoms with Crippen LogP contribution in [0, 0.1) is 29.1 Å². The maximum absolute atomic E-state index is 14.7. The molecule has 9 nitrogen and oxygen atoms in total. The summed E-state index contributed by atoms with van der Waals surface area (Å²) in [5, 5.41) is 32.7. The number of amides is 4. The topological polar surface area (TPSA) is 135 Å². The minimum atomic E-state index is -1.78. The van der Waals surface area contributed by atoms with Crippen LogP contribution in [0.2, 0.25) is 0 Å². The number of fused-ring (bicyclic) bond motifs is 5. The first-order valence-electron chi connectivity index (χ1n) is 15.8. The second kappa shape index (κ2) is 10.5. The fraction of sp³-hybridized carbons (Fsp3) is 0.243. The lowest BCUT2D eigenvalue weighted by atomic mass is 9.51. The summed E-state index contributed by atoms with van der Waals surface area (Å²) in [5.74, 6) is -5.21. The second-order valence-corrected chi connectivity index (χ2v) is 13.2. The van der Waals surface area contributed by atoms with Gasteiger partial charge in [-0.25, -0.2) is 4.90 Å². The van der Waals surface area contributed by atoms with Gasteiger partial charge in [0.2, 0.25) is 23.6 Å². The van der Waals surface area contributed by atoms with Gasteiger partial charge < -0.3 is 15.2 Å². The number of benzene rings is 4. The van der Waals surface area contributed by atoms with Crippen LogP contribution in [-0.4, -0.2) is 45.9 Å². The number of carbonyl (C=O) groups excluding carboxylic acids is 4. The van der Waals surface area contributed by atoms with Gasteiger partial charge in [0.15, 0.2) is 0 Å². The van der Waals surface area contributed by atoms with Crippen molar-refractivity contribution < 1.29 is 34.3 Å². The normalized spacial score (nSPS) is 28.3. The summed E-state index contributed by atoms with van der Waals surface area (Å²) in [4.78, 5) is 59.7. The molecule has 4 aliphatic rings. The Labute approximate surface area is 270 Å². The molecule has 4 amide bonds. The lowest BCUT2D eigenvalue weighted by Crippen LogP contribution is -2.49. The van der Waals surface area contributed by atoms with Gasteiger partial charge in [-0.15, -0.1) is 0 Å². The molecule has 234 valence electrons. The minimum absolute atomic E-state index is 0.00872. The van der Waals surface area contributed by atoms with Gasteiger partial charge in [-0.2, -0.15) is 0 Å². The zero-order chi connectivity index (χ0) is 32.8. The van der Waals surface area contributed by atoms with Crippen molar-refractivity contribution in [2.24, 2.45) is 29.1 Å². The smallest absolute Gasteiger partial charge is 0.488 e. The number of carbonyl (C=O) groups is 4. The molecular weight excluding hydrogens is 595 g/mol. The molecule has 2 aliphatic carbocycles. The van der Waals surface area contributed by atoms with Gasteiger partial charge in [0, 0.05) is 11.5 Å². The van der Waals surface area contributed by atoms with Crippen LogP contribution in [0.4, 0.5) is 11.4 Å². The minimum Gasteiger partial charge on any atom is -0.508 e. The predicted octanol–water partition coefficient (Wildman–Crippen LogP) is 3.66. The highest BCUT2D eigenvalue weighted by atomic mass is 16.4. The van der Waals surface area contributed by atoms with E-state index in [0.29, 0.717) is 11.3 Å². The molecule has 0 aromatic heterocycles. The Morgan fingerprint density at radius 2 is 1.49 bits per heavy atom. The average Bonchev–Trinajstić information content (AvgIpc) is 3.45. The largest absolute Gasteiger partial charge is 0.508 e. The molecule has 2 heterocycles. The van der Waals surface area contributed by atoms with E-state index in [-0.39, 0.29) is 41.6 Å². The zero-order valence-electron chi connectivity index (χ0n) is 25.5. The molecule has 6 unspecified atom stereocenters. The Bertz CT molecular complexity index is 2040. The quantitative estimate of drug-likeness (QED) is 0.179. The second-order valence-electron chi connectivity index (χ2n) is 13.2. The van der Waals surface area contributed by atoms with E-state index >= 15 is 0 Å². The summed E-state index contributed by atoms with van der Waals surface area (Å²) < 4.78 is 0. The Kier molecular flexibility index (Phi) is 6.55. The summed E-state index contributed by atoms with van der Waals surface area (Å²) in [7, 11) is -1.78. The number of aromatic hydroxyl groups is 1. The number of rotatable bonds is 4. The van der Waals surface area contributed by atoms with Gasteiger partial charge in [-0.1, -0.05) is 72.3 Å². The van der Waals surface area contributed by atoms with Crippen LogP contribution in [0.1, 0.15) is 31.2 Å². The summed E-state index contributed by atoms with van der Waals surface area (Å²) in [6, 6.07) is 25.8. The third-order valence-electron chi connectivity index (χ3n) is 11.0. The molecule has 6 atom stereocenters. The van der Waals surface area contributed by atoms with Gasteiger partial charge in [-0.05, 0) is 72.3 Å². The van der Waals surface area contributed by atoms with Crippen LogP contribution >= 0.6 is 0 Å². The van der Waals surface area contributed by atoms with E-state index in [4.69, 9.17) is 0 Å². The summed E-state index contributed by atoms with van der Waals surface area (Å²) in [5.41, 5.74) is 0.856. The van der Waals surface area contributed by atoms with Crippen LogP contribution in [-0.2, 0) is 19.2 Å². The average molecular weight is 626 g/mol. The predicted molar refractivity (Wildman–Crippen MR) is 175 cm³/mol. The van der Waals surface area contributed by atoms with Gasteiger partial charge >= 0.3 is 7.12 Å². The van der Waals surface area contributed by atoms with Crippen molar-refractivity contribution in [1.82, 2.24) is 0 Å². The molecule has 0 spiro atoms. The molecule has 2 aliphatic heterocycles. The summed E-state index contributed by atoms with van der Waals surface area (Å²) >= 11 is 0. The Morgan fingerprint density at radius 3 is 2.26 bits per heavy atom. The number of hydrogen-bond donors (Lipinski definition) is 3. The van der Waals surface area contributed by atoms with Crippen molar-refractivity contribution in [3.8, 4) is 5.75 Å². The van der Waals surface area contributed by atoms with Crippen molar-refractivity contribution in [1.29, 1.82) is 0 Å². The molecule has 10 heteroatoms. The number of hydrogen-bond acceptors (Lipinski definition) is 7. The fourth-order valence-electron chi connectivity index (χ4n) is 8.81. The number of allylic oxidation sites excluding steroid dienone is 2. The third kappa shape index (κ3) is 4.04. The first-order valence-corrected chi connectivity index (χ1v) is 15.8. The molecule has 3 fully saturated rings. The van der Waals surface area contributed by atoms with E-state index < -0.39 is 53.9 Å². The SMILES string of the molecule is CC12C(=O)N(c3ccccc3)C(=O)C1CC1C(=CCC3C(=O)N(c4cccc(B(O)O)c4)C(=O)C31)C2c1c(O)ccc2ccccc12. The van der Waals surface area contributed by atoms with Crippen LogP contribution in [0.25, 0.3) is 10.8 Å². The molecule has 4 aromatic carbocycles. The van der Waals surface area contributed by atoms with E-state index in [1.165, 1.54) is 17.0 Å². The highest BCUT2D eigenvalue weighted by molar-refractivity contribution is 6.58. The number of para-hydroxylation sites is 1. The van der Waals surface area contributed by atoms with E-state index in [2.05, 4.69) is 0 Å². The van der Waals surface area contributed by atoms with E-state index in [0.717, 1.165) is 21.2 Å². The van der Waals surface area contributed by atoms with Crippen molar-refractivity contribution in [2.45, 2.75) is 25.7 Å². The highest BCUT2D eigenvalue weighted by Gasteiger charge is 2.68. The van der Waals surface area contributed by atoms with Gasteiger partial charge in [0.1, 0.15) is 5.75 Å². The number of phenolic OH excluding ortho intramolecular Hbond substituents is 1. The molecule has 0 bridgehead atoms. The van der Waals surface area contributed by atoms with Crippen molar-refractivity contribution in [2.75, 3.05) is 9.80 Å². The highest BCUT2D eigenvalue weighted by Crippen LogP contribution is 2.65. The molecule has 0 radical (unpaired) electrons. The van der Waals surface area contributed by atoms with Gasteiger partial charge in [-0.3, -0.25) is 24.1 Å². The molecule has 4 aromatic rings. The van der Waals surface area contributed by atoms with Crippen LogP contribution in [0.15, 0.2) is 103 Å². The molecule has 47 heavy (non-hydrogen) atoms. The van der Waals surface area contributed by atoms with E-state index in [9.17, 15) is 34.3 Å². The maximum Gasteiger partial charge on any atom is 0.488 e. The molecule has 1 saturated carbocycles. The van der Waals surface area contributed by atoms with E-state index in [1.54, 1.807) is 49.4 Å². The van der Waals surface area contributed by atoms with E-state index in [1.807, 2.05) is 42.5 Å². The lowest BCUT2D eigenvalue weighted by molar-refractivity contribution is -0.131. The molecule has 8 rings (SSSR count). The Morgan fingerprint density at radius 1 is 0.766 bits per heavy atom. The number of phenols is 1. The maximum atomic E-state index is 14.7. The van der Waals surface area contributed by atoms with Crippen LogP contribution in [0.5, 0.6) is 5.75 Å². The molecular formula is C37H31BN2O7. The standard InChI is InChI=1S/C37H31BN2O7/c1-37-28(34(43)40(36(37)45)22-10-3-2-4-11-22)19-27-25(32(37)31-24-13-6-5-8-20(24)14-17-29(31)41)15-16-26-30(27)35(44)39(33(26)42)23-12-7-9-21(18-23)38(46)47/h2-15,17-18,26-28,30,32,41,46-47H,16,19H2,1H3. The van der Waals surface area contributed by atoms with Crippen LogP contribution < -0.4 is 15.3 Å². The first-order chi connectivity index (χ1) is 22.6.